The Labute approximate surface area is 419 Å². The van der Waals surface area contributed by atoms with E-state index in [2.05, 4.69) is 31.3 Å². The molecule has 0 fully saturated rings. The lowest BCUT2D eigenvalue weighted by Crippen LogP contribution is -2.45. The number of amides is 1. The number of esters is 1. The second-order valence-electron chi connectivity index (χ2n) is 21.0. The molecule has 3 N–H and O–H groups in total. The molecule has 6 nitrogen and oxygen atoms in total. The Balaban J connectivity index is 3.43. The highest BCUT2D eigenvalue weighted by molar-refractivity contribution is 5.76. The van der Waals surface area contributed by atoms with Crippen molar-refractivity contribution < 1.29 is 24.5 Å². The number of hydrogen-bond acceptors (Lipinski definition) is 5. The van der Waals surface area contributed by atoms with Crippen LogP contribution < -0.4 is 5.32 Å². The monoisotopic (exact) mass is 946 g/mol. The number of carbonyl (C=O) groups excluding carboxylic acids is 2. The number of ether oxygens (including phenoxy) is 1. The summed E-state index contributed by atoms with van der Waals surface area (Å²) < 4.78 is 5.47. The predicted octanol–water partition coefficient (Wildman–Crippen LogP) is 18.9. The van der Waals surface area contributed by atoms with Gasteiger partial charge in [-0.15, -0.1) is 0 Å². The van der Waals surface area contributed by atoms with Gasteiger partial charge in [-0.25, -0.2) is 0 Å². The maximum atomic E-state index is 12.5. The summed E-state index contributed by atoms with van der Waals surface area (Å²) in [5.41, 5.74) is 0. The molecule has 0 saturated heterocycles. The van der Waals surface area contributed by atoms with Gasteiger partial charge in [0.15, 0.2) is 0 Å². The van der Waals surface area contributed by atoms with Gasteiger partial charge in [-0.1, -0.05) is 289 Å². The average Bonchev–Trinajstić information content (AvgIpc) is 3.33. The van der Waals surface area contributed by atoms with Crippen molar-refractivity contribution in [2.24, 2.45) is 0 Å². The second-order valence-corrected chi connectivity index (χ2v) is 21.0. The van der Waals surface area contributed by atoms with Gasteiger partial charge in [0.2, 0.25) is 5.91 Å². The van der Waals surface area contributed by atoms with Crippen LogP contribution in [0.25, 0.3) is 0 Å². The summed E-state index contributed by atoms with van der Waals surface area (Å²) in [5, 5.41) is 23.3. The van der Waals surface area contributed by atoms with Crippen molar-refractivity contribution in [2.75, 3.05) is 13.2 Å². The molecule has 0 bridgehead atoms. The fourth-order valence-electron chi connectivity index (χ4n) is 9.64. The molecular weight excluding hydrogens is 827 g/mol. The molecule has 0 aliphatic carbocycles. The molecule has 0 rings (SSSR count). The number of carbonyl (C=O) groups is 2. The smallest absolute Gasteiger partial charge is 0.305 e. The maximum Gasteiger partial charge on any atom is 0.305 e. The lowest BCUT2D eigenvalue weighted by Gasteiger charge is -2.22. The lowest BCUT2D eigenvalue weighted by molar-refractivity contribution is -0.143. The van der Waals surface area contributed by atoms with Gasteiger partial charge in [0.1, 0.15) is 0 Å². The van der Waals surface area contributed by atoms with Gasteiger partial charge in [-0.3, -0.25) is 9.59 Å². The molecule has 6 heteroatoms. The number of rotatable bonds is 57. The number of hydrogen-bond donors (Lipinski definition) is 3. The van der Waals surface area contributed by atoms with Crippen molar-refractivity contribution in [3.63, 3.8) is 0 Å². The topological polar surface area (TPSA) is 95.9 Å². The van der Waals surface area contributed by atoms with Crippen LogP contribution in [0, 0.1) is 0 Å². The summed E-state index contributed by atoms with van der Waals surface area (Å²) in [4.78, 5) is 24.5. The molecule has 1 amide bonds. The van der Waals surface area contributed by atoms with Crippen LogP contribution in [0.15, 0.2) is 12.2 Å². The fraction of sp³-hybridized carbons (Fsp3) is 0.934. The highest BCUT2D eigenvalue weighted by Gasteiger charge is 2.20. The quantitative estimate of drug-likeness (QED) is 0.0321. The van der Waals surface area contributed by atoms with E-state index < -0.39 is 12.1 Å². The third kappa shape index (κ3) is 53.8. The zero-order chi connectivity index (χ0) is 48.6. The number of aliphatic hydroxyl groups is 2. The summed E-state index contributed by atoms with van der Waals surface area (Å²) in [6.45, 7) is 4.97. The third-order valence-corrected chi connectivity index (χ3v) is 14.3. The molecular formula is C61H119NO5. The van der Waals surface area contributed by atoms with Crippen LogP contribution >= 0.6 is 0 Å². The molecule has 0 heterocycles. The zero-order valence-corrected chi connectivity index (χ0v) is 45.4. The van der Waals surface area contributed by atoms with Gasteiger partial charge in [0.05, 0.1) is 25.4 Å². The van der Waals surface area contributed by atoms with Crippen molar-refractivity contribution >= 4 is 11.9 Å². The number of nitrogens with one attached hydrogen (secondary N) is 1. The van der Waals surface area contributed by atoms with Crippen LogP contribution in [-0.2, 0) is 14.3 Å². The van der Waals surface area contributed by atoms with Gasteiger partial charge in [0, 0.05) is 12.8 Å². The van der Waals surface area contributed by atoms with E-state index in [9.17, 15) is 19.8 Å². The molecule has 2 atom stereocenters. The molecule has 0 aromatic rings. The molecule has 0 aromatic carbocycles. The molecule has 0 aliphatic rings. The lowest BCUT2D eigenvalue weighted by atomic mass is 10.0. The Kier molecular flexibility index (Phi) is 56.0. The fourth-order valence-corrected chi connectivity index (χ4v) is 9.64. The van der Waals surface area contributed by atoms with Gasteiger partial charge < -0.3 is 20.3 Å². The first-order chi connectivity index (χ1) is 33.0. The van der Waals surface area contributed by atoms with Crippen molar-refractivity contribution in [1.82, 2.24) is 5.32 Å². The standard InChI is InChI=1S/C61H119NO5/c1-3-5-7-9-11-13-15-17-18-19-24-27-30-33-37-41-45-49-53-59(64)58(57-63)62-60(65)54-50-46-42-38-34-31-28-25-22-20-21-23-26-29-32-36-40-44-48-52-56-67-61(66)55-51-47-43-39-35-16-14-12-10-8-6-4-2/h20,22,58-59,63-64H,3-19,21,23-57H2,1-2H3,(H,62,65)/b22-20-. The zero-order valence-electron chi connectivity index (χ0n) is 45.4. The minimum Gasteiger partial charge on any atom is -0.466 e. The molecule has 0 radical (unpaired) electrons. The SMILES string of the molecule is CCCCCCCCCCCCCCCCCCCCC(O)C(CO)NC(=O)CCCCCCCCC/C=C\CCCCCCCCCCCOC(=O)CCCCCCCCCCCCCC. The highest BCUT2D eigenvalue weighted by atomic mass is 16.5. The summed E-state index contributed by atoms with van der Waals surface area (Å²) in [6.07, 6.45) is 67.8. The Morgan fingerprint density at radius 1 is 0.403 bits per heavy atom. The highest BCUT2D eigenvalue weighted by Crippen LogP contribution is 2.18. The number of unbranched alkanes of at least 4 members (excludes halogenated alkanes) is 44. The molecule has 0 saturated carbocycles. The van der Waals surface area contributed by atoms with Crippen molar-refractivity contribution in [2.45, 2.75) is 353 Å². The van der Waals surface area contributed by atoms with Crippen molar-refractivity contribution in [3.8, 4) is 0 Å². The molecule has 0 spiro atoms. The first-order valence-electron chi connectivity index (χ1n) is 30.4. The molecule has 398 valence electrons. The van der Waals surface area contributed by atoms with E-state index in [1.807, 2.05) is 0 Å². The number of allylic oxidation sites excluding steroid dienone is 2. The Morgan fingerprint density at radius 2 is 0.701 bits per heavy atom. The Bertz CT molecular complexity index is 1000. The van der Waals surface area contributed by atoms with Gasteiger partial charge in [-0.05, 0) is 51.4 Å². The Hall–Kier alpha value is -1.40. The van der Waals surface area contributed by atoms with Gasteiger partial charge >= 0.3 is 5.97 Å². The van der Waals surface area contributed by atoms with Gasteiger partial charge in [-0.2, -0.15) is 0 Å². The maximum absolute atomic E-state index is 12.5. The molecule has 67 heavy (non-hydrogen) atoms. The number of aliphatic hydroxyl groups excluding tert-OH is 2. The molecule has 0 aromatic heterocycles. The second kappa shape index (κ2) is 57.2. The van der Waals surface area contributed by atoms with Crippen LogP contribution in [0.5, 0.6) is 0 Å². The third-order valence-electron chi connectivity index (χ3n) is 14.3. The van der Waals surface area contributed by atoms with Crippen molar-refractivity contribution in [3.05, 3.63) is 12.2 Å². The summed E-state index contributed by atoms with van der Waals surface area (Å²) in [7, 11) is 0. The molecule has 0 aliphatic heterocycles. The van der Waals surface area contributed by atoms with E-state index in [0.717, 1.165) is 38.5 Å². The minimum atomic E-state index is -0.669. The normalized spacial score (nSPS) is 12.6. The minimum absolute atomic E-state index is 0.00763. The summed E-state index contributed by atoms with van der Waals surface area (Å²) >= 11 is 0. The Morgan fingerprint density at radius 3 is 1.06 bits per heavy atom. The van der Waals surface area contributed by atoms with Crippen LogP contribution in [0.2, 0.25) is 0 Å². The van der Waals surface area contributed by atoms with Gasteiger partial charge in [0.25, 0.3) is 0 Å². The largest absolute Gasteiger partial charge is 0.466 e. The summed E-state index contributed by atoms with van der Waals surface area (Å²) in [5.74, 6) is -0.0328. The van der Waals surface area contributed by atoms with Crippen LogP contribution in [0.3, 0.4) is 0 Å². The van der Waals surface area contributed by atoms with E-state index >= 15 is 0 Å². The van der Waals surface area contributed by atoms with E-state index in [0.29, 0.717) is 25.9 Å². The van der Waals surface area contributed by atoms with Crippen LogP contribution in [0.1, 0.15) is 341 Å². The van der Waals surface area contributed by atoms with Crippen LogP contribution in [0.4, 0.5) is 0 Å². The van der Waals surface area contributed by atoms with E-state index in [-0.39, 0.29) is 18.5 Å². The predicted molar refractivity (Wildman–Crippen MR) is 292 cm³/mol. The first-order valence-corrected chi connectivity index (χ1v) is 30.4. The summed E-state index contributed by atoms with van der Waals surface area (Å²) in [6, 6.07) is -0.547. The molecule has 2 unspecified atom stereocenters. The average molecular weight is 947 g/mol. The first kappa shape index (κ1) is 65.6. The van der Waals surface area contributed by atoms with E-state index in [1.165, 1.54) is 270 Å². The van der Waals surface area contributed by atoms with Crippen LogP contribution in [-0.4, -0.2) is 47.4 Å². The van der Waals surface area contributed by atoms with E-state index in [1.54, 1.807) is 0 Å². The van der Waals surface area contributed by atoms with E-state index in [4.69, 9.17) is 4.74 Å². The van der Waals surface area contributed by atoms with Crippen molar-refractivity contribution in [1.29, 1.82) is 0 Å².